The van der Waals surface area contributed by atoms with Gasteiger partial charge in [0, 0.05) is 26.2 Å². The fraction of sp³-hybridized carbons (Fsp3) is 1.00. The SMILES string of the molecule is CCCCS(=O)(=O)N1CCN(S(=O)(=O)C2CCCC2)CC1. The van der Waals surface area contributed by atoms with Gasteiger partial charge in [-0.15, -0.1) is 0 Å². The molecule has 0 aromatic rings. The van der Waals surface area contributed by atoms with Gasteiger partial charge in [0.25, 0.3) is 0 Å². The van der Waals surface area contributed by atoms with Gasteiger partial charge in [-0.3, -0.25) is 0 Å². The van der Waals surface area contributed by atoms with Crippen LogP contribution in [0.4, 0.5) is 0 Å². The molecule has 6 nitrogen and oxygen atoms in total. The first kappa shape index (κ1) is 17.2. The van der Waals surface area contributed by atoms with Crippen molar-refractivity contribution in [1.29, 1.82) is 0 Å². The van der Waals surface area contributed by atoms with E-state index < -0.39 is 20.0 Å². The van der Waals surface area contributed by atoms with Crippen LogP contribution in [0.25, 0.3) is 0 Å². The highest BCUT2D eigenvalue weighted by Crippen LogP contribution is 2.27. The van der Waals surface area contributed by atoms with Crippen molar-refractivity contribution in [3.05, 3.63) is 0 Å². The lowest BCUT2D eigenvalue weighted by Crippen LogP contribution is -2.52. The van der Waals surface area contributed by atoms with E-state index in [9.17, 15) is 16.8 Å². The molecule has 0 N–H and O–H groups in total. The van der Waals surface area contributed by atoms with E-state index >= 15 is 0 Å². The molecule has 1 heterocycles. The van der Waals surface area contributed by atoms with Crippen LogP contribution in [0.2, 0.25) is 0 Å². The Balaban J connectivity index is 1.94. The zero-order chi connectivity index (χ0) is 15.5. The van der Waals surface area contributed by atoms with Crippen molar-refractivity contribution in [2.45, 2.75) is 50.7 Å². The minimum absolute atomic E-state index is 0.166. The summed E-state index contributed by atoms with van der Waals surface area (Å²) in [7, 11) is -6.46. The van der Waals surface area contributed by atoms with Crippen LogP contribution in [-0.2, 0) is 20.0 Å². The molecule has 2 rings (SSSR count). The van der Waals surface area contributed by atoms with Crippen LogP contribution in [-0.4, -0.2) is 62.6 Å². The third kappa shape index (κ3) is 3.97. The van der Waals surface area contributed by atoms with Crippen LogP contribution in [0.5, 0.6) is 0 Å². The first-order valence-corrected chi connectivity index (χ1v) is 11.0. The van der Waals surface area contributed by atoms with Crippen LogP contribution in [0.1, 0.15) is 45.4 Å². The Hall–Kier alpha value is -0.180. The molecule has 0 radical (unpaired) electrons. The summed E-state index contributed by atoms with van der Waals surface area (Å²) in [6.45, 7) is 3.13. The molecule has 0 aromatic heterocycles. The molecule has 1 aliphatic carbocycles. The maximum atomic E-state index is 12.5. The van der Waals surface area contributed by atoms with Crippen LogP contribution in [0.3, 0.4) is 0 Å². The molecule has 8 heteroatoms. The van der Waals surface area contributed by atoms with E-state index in [1.54, 1.807) is 0 Å². The number of rotatable bonds is 6. The number of nitrogens with zero attached hydrogens (tertiary/aromatic N) is 2. The number of hydrogen-bond donors (Lipinski definition) is 0. The smallest absolute Gasteiger partial charge is 0.212 e. The maximum Gasteiger partial charge on any atom is 0.217 e. The molecule has 1 saturated carbocycles. The first-order chi connectivity index (χ1) is 9.88. The molecular weight excluding hydrogens is 312 g/mol. The predicted octanol–water partition coefficient (Wildman–Crippen LogP) is 1.01. The molecule has 0 spiro atoms. The molecule has 2 fully saturated rings. The van der Waals surface area contributed by atoms with Gasteiger partial charge in [-0.1, -0.05) is 26.2 Å². The lowest BCUT2D eigenvalue weighted by molar-refractivity contribution is 0.270. The van der Waals surface area contributed by atoms with E-state index in [-0.39, 0.29) is 24.1 Å². The van der Waals surface area contributed by atoms with Gasteiger partial charge in [-0.25, -0.2) is 16.8 Å². The van der Waals surface area contributed by atoms with Crippen molar-refractivity contribution in [2.75, 3.05) is 31.9 Å². The van der Waals surface area contributed by atoms with Gasteiger partial charge in [-0.05, 0) is 19.3 Å². The molecule has 21 heavy (non-hydrogen) atoms. The van der Waals surface area contributed by atoms with Gasteiger partial charge < -0.3 is 0 Å². The van der Waals surface area contributed by atoms with Crippen LogP contribution < -0.4 is 0 Å². The summed E-state index contributed by atoms with van der Waals surface area (Å²) in [6, 6.07) is 0. The van der Waals surface area contributed by atoms with Gasteiger partial charge >= 0.3 is 0 Å². The number of piperazine rings is 1. The third-order valence-corrected chi connectivity index (χ3v) is 8.79. The Morgan fingerprint density at radius 2 is 1.43 bits per heavy atom. The van der Waals surface area contributed by atoms with Crippen molar-refractivity contribution in [1.82, 2.24) is 8.61 Å². The largest absolute Gasteiger partial charge is 0.217 e. The second kappa shape index (κ2) is 6.93. The van der Waals surface area contributed by atoms with Crippen LogP contribution >= 0.6 is 0 Å². The second-order valence-corrected chi connectivity index (χ2v) is 10.2. The molecule has 1 saturated heterocycles. The summed E-state index contributed by atoms with van der Waals surface area (Å²) in [5, 5.41) is -0.249. The first-order valence-electron chi connectivity index (χ1n) is 7.84. The fourth-order valence-corrected chi connectivity index (χ4v) is 6.71. The summed E-state index contributed by atoms with van der Waals surface area (Å²) in [4.78, 5) is 0. The van der Waals surface area contributed by atoms with Gasteiger partial charge in [0.15, 0.2) is 0 Å². The van der Waals surface area contributed by atoms with E-state index in [1.807, 2.05) is 6.92 Å². The standard InChI is InChI=1S/C13H26N2O4S2/c1-2-3-12-20(16,17)14-8-10-15(11-9-14)21(18,19)13-6-4-5-7-13/h13H,2-12H2,1H3. The normalized spacial score (nSPS) is 23.7. The van der Waals surface area contributed by atoms with E-state index in [0.29, 0.717) is 19.5 Å². The second-order valence-electron chi connectivity index (χ2n) is 5.92. The average Bonchev–Trinajstić information content (AvgIpc) is 3.00. The highest BCUT2D eigenvalue weighted by molar-refractivity contribution is 7.90. The molecule has 1 aliphatic heterocycles. The van der Waals surface area contributed by atoms with E-state index in [2.05, 4.69) is 0 Å². The van der Waals surface area contributed by atoms with Gasteiger partial charge in [-0.2, -0.15) is 8.61 Å². The molecule has 0 unspecified atom stereocenters. The molecule has 0 aromatic carbocycles. The predicted molar refractivity (Wildman–Crippen MR) is 83.0 cm³/mol. The molecule has 0 bridgehead atoms. The average molecular weight is 338 g/mol. The third-order valence-electron chi connectivity index (χ3n) is 4.43. The topological polar surface area (TPSA) is 74.8 Å². The Morgan fingerprint density at radius 3 is 1.95 bits per heavy atom. The monoisotopic (exact) mass is 338 g/mol. The van der Waals surface area contributed by atoms with Crippen molar-refractivity contribution < 1.29 is 16.8 Å². The van der Waals surface area contributed by atoms with Gasteiger partial charge in [0.2, 0.25) is 20.0 Å². The maximum absolute atomic E-state index is 12.5. The van der Waals surface area contributed by atoms with Gasteiger partial charge in [0.05, 0.1) is 11.0 Å². The van der Waals surface area contributed by atoms with E-state index in [1.165, 1.54) is 8.61 Å². The summed E-state index contributed by atoms with van der Waals surface area (Å²) >= 11 is 0. The zero-order valence-corrected chi connectivity index (χ0v) is 14.3. The zero-order valence-electron chi connectivity index (χ0n) is 12.7. The van der Waals surface area contributed by atoms with E-state index in [0.717, 1.165) is 32.1 Å². The molecule has 2 aliphatic rings. The molecular formula is C13H26N2O4S2. The van der Waals surface area contributed by atoms with Crippen molar-refractivity contribution in [2.24, 2.45) is 0 Å². The molecule has 0 atom stereocenters. The Labute approximate surface area is 128 Å². The Morgan fingerprint density at radius 1 is 0.905 bits per heavy atom. The number of unbranched alkanes of at least 4 members (excludes halogenated alkanes) is 1. The summed E-state index contributed by atoms with van der Waals surface area (Å²) in [5.74, 6) is 0.166. The molecule has 124 valence electrons. The van der Waals surface area contributed by atoms with E-state index in [4.69, 9.17) is 0 Å². The summed E-state index contributed by atoms with van der Waals surface area (Å²) < 4.78 is 52.1. The van der Waals surface area contributed by atoms with Gasteiger partial charge in [0.1, 0.15) is 0 Å². The Kier molecular flexibility index (Phi) is 5.67. The Bertz CT molecular complexity index is 531. The molecule has 0 amide bonds. The van der Waals surface area contributed by atoms with Crippen LogP contribution in [0, 0.1) is 0 Å². The number of sulfonamides is 2. The number of hydrogen-bond acceptors (Lipinski definition) is 4. The summed E-state index contributed by atoms with van der Waals surface area (Å²) in [5.41, 5.74) is 0. The highest BCUT2D eigenvalue weighted by Gasteiger charge is 2.37. The summed E-state index contributed by atoms with van der Waals surface area (Å²) in [6.07, 6.45) is 4.96. The van der Waals surface area contributed by atoms with Crippen LogP contribution in [0.15, 0.2) is 0 Å². The van der Waals surface area contributed by atoms with Crippen molar-refractivity contribution in [3.63, 3.8) is 0 Å². The van der Waals surface area contributed by atoms with Crippen molar-refractivity contribution >= 4 is 20.0 Å². The lowest BCUT2D eigenvalue weighted by Gasteiger charge is -2.34. The minimum atomic E-state index is -3.24. The lowest BCUT2D eigenvalue weighted by atomic mass is 10.4. The van der Waals surface area contributed by atoms with Crippen molar-refractivity contribution in [3.8, 4) is 0 Å². The quantitative estimate of drug-likeness (QED) is 0.724. The highest BCUT2D eigenvalue weighted by atomic mass is 32.2. The fourth-order valence-electron chi connectivity index (χ4n) is 3.06. The minimum Gasteiger partial charge on any atom is -0.212 e.